The Kier molecular flexibility index (Phi) is 1.21. The van der Waals surface area contributed by atoms with Gasteiger partial charge in [0.25, 0.3) is 0 Å². The number of carbonyl (C=O) groups is 1. The number of carbonyl (C=O) groups excluding carboxylic acids is 1. The normalized spacial score (nSPS) is 28.7. The Morgan fingerprint density at radius 2 is 2.57 bits per heavy atom. The van der Waals surface area contributed by atoms with Gasteiger partial charge in [0, 0.05) is 12.0 Å². The van der Waals surface area contributed by atoms with Gasteiger partial charge in [-0.15, -0.1) is 0 Å². The van der Waals surface area contributed by atoms with E-state index in [1.165, 1.54) is 0 Å². The molecule has 1 aliphatic rings. The zero-order valence-corrected chi connectivity index (χ0v) is 4.36. The summed E-state index contributed by atoms with van der Waals surface area (Å²) in [6.07, 6.45) is 0.459. The summed E-state index contributed by atoms with van der Waals surface area (Å²) in [5, 5.41) is 2.43. The van der Waals surface area contributed by atoms with Crippen LogP contribution in [-0.4, -0.2) is 15.8 Å². The summed E-state index contributed by atoms with van der Waals surface area (Å²) in [6, 6.07) is 0. The van der Waals surface area contributed by atoms with E-state index < -0.39 is 0 Å². The Balaban J connectivity index is 2.17. The van der Waals surface area contributed by atoms with Crippen molar-refractivity contribution in [3.8, 4) is 0 Å². The molecule has 1 rings (SSSR count). The van der Waals surface area contributed by atoms with E-state index in [0.717, 1.165) is 0 Å². The molecule has 0 bridgehead atoms. The van der Waals surface area contributed by atoms with E-state index in [-0.39, 0.29) is 11.3 Å². The zero-order valence-electron chi connectivity index (χ0n) is 3.55. The molecule has 0 spiro atoms. The van der Waals surface area contributed by atoms with Crippen LogP contribution in [0.4, 0.5) is 0 Å². The lowest BCUT2D eigenvalue weighted by atomic mass is 10.3. The van der Waals surface area contributed by atoms with Crippen molar-refractivity contribution in [1.82, 2.24) is 5.32 Å². The van der Waals surface area contributed by atoms with Crippen LogP contribution in [0.2, 0.25) is 0 Å². The fourth-order valence-corrected chi connectivity index (χ4v) is 0.800. The van der Waals surface area contributed by atoms with Crippen LogP contribution in [0, 0.1) is 0 Å². The van der Waals surface area contributed by atoms with Gasteiger partial charge in [-0.25, -0.2) is 0 Å². The topological polar surface area (TPSA) is 49.3 Å². The molecule has 0 radical (unpaired) electrons. The minimum absolute atomic E-state index is 0.0200. The SMILES string of the molecule is O=C1CC(SO)N1. The molecular weight excluding hydrogens is 114 g/mol. The van der Waals surface area contributed by atoms with E-state index >= 15 is 0 Å². The average molecular weight is 119 g/mol. The third kappa shape index (κ3) is 0.863. The molecule has 1 unspecified atom stereocenters. The fraction of sp³-hybridized carbons (Fsp3) is 0.667. The van der Waals surface area contributed by atoms with Crippen LogP contribution in [0.1, 0.15) is 6.42 Å². The number of hydrogen-bond acceptors (Lipinski definition) is 3. The molecule has 0 aromatic heterocycles. The molecule has 2 N–H and O–H groups in total. The Bertz CT molecular complexity index is 86.9. The number of β-lactam (4-membered cyclic amide) rings is 1. The monoisotopic (exact) mass is 119 g/mol. The molecule has 0 saturated carbocycles. The van der Waals surface area contributed by atoms with Crippen molar-refractivity contribution in [3.05, 3.63) is 0 Å². The molecule has 4 heteroatoms. The van der Waals surface area contributed by atoms with E-state index in [2.05, 4.69) is 5.32 Å². The molecule has 1 saturated heterocycles. The summed E-state index contributed by atoms with van der Waals surface area (Å²) in [7, 11) is 0. The van der Waals surface area contributed by atoms with Crippen LogP contribution in [0.15, 0.2) is 0 Å². The molecular formula is C3H5NO2S. The third-order valence-electron chi connectivity index (χ3n) is 0.820. The van der Waals surface area contributed by atoms with Crippen LogP contribution in [0.3, 0.4) is 0 Å². The minimum Gasteiger partial charge on any atom is -0.341 e. The first-order chi connectivity index (χ1) is 3.33. The highest BCUT2D eigenvalue weighted by atomic mass is 32.2. The number of hydrogen-bond donors (Lipinski definition) is 2. The molecule has 1 fully saturated rings. The summed E-state index contributed by atoms with van der Waals surface area (Å²) in [5.74, 6) is 0.0200. The van der Waals surface area contributed by atoms with Gasteiger partial charge in [-0.1, -0.05) is 0 Å². The first-order valence-corrected chi connectivity index (χ1v) is 2.76. The van der Waals surface area contributed by atoms with Gasteiger partial charge in [0.1, 0.15) is 5.37 Å². The smallest absolute Gasteiger partial charge is 0.223 e. The number of amides is 1. The van der Waals surface area contributed by atoms with Crippen molar-refractivity contribution in [3.63, 3.8) is 0 Å². The van der Waals surface area contributed by atoms with Gasteiger partial charge >= 0.3 is 0 Å². The molecule has 1 atom stereocenters. The maximum atomic E-state index is 10.0. The Morgan fingerprint density at radius 1 is 2.00 bits per heavy atom. The number of nitrogens with one attached hydrogen (secondary N) is 1. The van der Waals surface area contributed by atoms with Crippen molar-refractivity contribution in [2.75, 3.05) is 0 Å². The quantitative estimate of drug-likeness (QED) is 0.378. The lowest BCUT2D eigenvalue weighted by Gasteiger charge is -2.22. The maximum absolute atomic E-state index is 10.0. The molecule has 1 heterocycles. The zero-order chi connectivity index (χ0) is 5.28. The van der Waals surface area contributed by atoms with Crippen molar-refractivity contribution in [2.45, 2.75) is 11.8 Å². The minimum atomic E-state index is -0.0347. The average Bonchev–Trinajstić information content (AvgIpc) is 1.58. The summed E-state index contributed by atoms with van der Waals surface area (Å²) in [4.78, 5) is 10.0. The first-order valence-electron chi connectivity index (χ1n) is 1.92. The van der Waals surface area contributed by atoms with Gasteiger partial charge in [-0.3, -0.25) is 4.79 Å². The standard InChI is InChI=1S/C3H5NO2S/c5-2-1-3(4-2)7-6/h3,6H,1H2,(H,4,5). The summed E-state index contributed by atoms with van der Waals surface area (Å²) < 4.78 is 8.21. The predicted octanol–water partition coefficient (Wildman–Crippen LogP) is 0.0386. The summed E-state index contributed by atoms with van der Waals surface area (Å²) >= 11 is 0.683. The number of rotatable bonds is 1. The van der Waals surface area contributed by atoms with Crippen LogP contribution >= 0.6 is 12.0 Å². The Labute approximate surface area is 45.3 Å². The third-order valence-corrected chi connectivity index (χ3v) is 1.36. The molecule has 0 aliphatic carbocycles. The molecule has 0 aromatic rings. The van der Waals surface area contributed by atoms with Gasteiger partial charge in [0.2, 0.25) is 5.91 Å². The summed E-state index contributed by atoms with van der Waals surface area (Å²) in [5.41, 5.74) is 0. The summed E-state index contributed by atoms with van der Waals surface area (Å²) in [6.45, 7) is 0. The first kappa shape index (κ1) is 4.93. The van der Waals surface area contributed by atoms with Crippen molar-refractivity contribution >= 4 is 17.9 Å². The molecule has 0 aromatic carbocycles. The van der Waals surface area contributed by atoms with E-state index in [1.807, 2.05) is 0 Å². The van der Waals surface area contributed by atoms with Crippen LogP contribution in [0.25, 0.3) is 0 Å². The van der Waals surface area contributed by atoms with Crippen molar-refractivity contribution in [1.29, 1.82) is 0 Å². The second-order valence-corrected chi connectivity index (χ2v) is 2.15. The Hall–Kier alpha value is -0.220. The lowest BCUT2D eigenvalue weighted by Crippen LogP contribution is -2.45. The van der Waals surface area contributed by atoms with Gasteiger partial charge in [-0.2, -0.15) is 0 Å². The maximum Gasteiger partial charge on any atom is 0.223 e. The van der Waals surface area contributed by atoms with Gasteiger partial charge < -0.3 is 9.87 Å². The molecule has 1 aliphatic heterocycles. The fourth-order valence-electron chi connectivity index (χ4n) is 0.390. The highest BCUT2D eigenvalue weighted by Gasteiger charge is 2.24. The highest BCUT2D eigenvalue weighted by molar-refractivity contribution is 7.94. The van der Waals surface area contributed by atoms with Crippen molar-refractivity contribution < 1.29 is 9.35 Å². The van der Waals surface area contributed by atoms with E-state index in [9.17, 15) is 4.79 Å². The van der Waals surface area contributed by atoms with Gasteiger partial charge in [-0.05, 0) is 0 Å². The van der Waals surface area contributed by atoms with Gasteiger partial charge in [0.05, 0.1) is 6.42 Å². The van der Waals surface area contributed by atoms with E-state index in [0.29, 0.717) is 18.5 Å². The lowest BCUT2D eigenvalue weighted by molar-refractivity contribution is -0.126. The van der Waals surface area contributed by atoms with Gasteiger partial charge in [0.15, 0.2) is 0 Å². The van der Waals surface area contributed by atoms with Crippen LogP contribution in [-0.2, 0) is 4.79 Å². The van der Waals surface area contributed by atoms with Crippen molar-refractivity contribution in [2.24, 2.45) is 0 Å². The Morgan fingerprint density at radius 3 is 2.71 bits per heavy atom. The molecule has 40 valence electrons. The highest BCUT2D eigenvalue weighted by Crippen LogP contribution is 2.13. The van der Waals surface area contributed by atoms with Crippen LogP contribution < -0.4 is 5.32 Å². The molecule has 3 nitrogen and oxygen atoms in total. The molecule has 7 heavy (non-hydrogen) atoms. The van der Waals surface area contributed by atoms with E-state index in [1.54, 1.807) is 0 Å². The molecule has 1 amide bonds. The van der Waals surface area contributed by atoms with Crippen LogP contribution in [0.5, 0.6) is 0 Å². The second kappa shape index (κ2) is 1.71. The second-order valence-electron chi connectivity index (χ2n) is 1.37. The largest absolute Gasteiger partial charge is 0.341 e. The predicted molar refractivity (Wildman–Crippen MR) is 26.8 cm³/mol. The van der Waals surface area contributed by atoms with E-state index in [4.69, 9.17) is 4.55 Å².